The van der Waals surface area contributed by atoms with Crippen LogP contribution in [0.25, 0.3) is 0 Å². The van der Waals surface area contributed by atoms with Gasteiger partial charge in [-0.25, -0.2) is 4.98 Å². The molecule has 15 heavy (non-hydrogen) atoms. The van der Waals surface area contributed by atoms with E-state index in [-0.39, 0.29) is 5.78 Å². The number of halogens is 1. The van der Waals surface area contributed by atoms with Crippen molar-refractivity contribution in [2.45, 2.75) is 31.7 Å². The molecule has 2 N–H and O–H groups in total. The van der Waals surface area contributed by atoms with Crippen LogP contribution in [-0.4, -0.2) is 27.1 Å². The maximum Gasteiger partial charge on any atom is 0.200 e. The second kappa shape index (κ2) is 4.79. The summed E-state index contributed by atoms with van der Waals surface area (Å²) >= 11 is 3.13. The van der Waals surface area contributed by atoms with E-state index in [1.807, 2.05) is 0 Å². The van der Waals surface area contributed by atoms with Crippen LogP contribution in [0.15, 0.2) is 6.20 Å². The molecule has 1 fully saturated rings. The minimum Gasteiger partial charge on any atom is -0.353 e. The average molecular weight is 272 g/mol. The third kappa shape index (κ3) is 2.59. The number of hydrogen-bond donors (Lipinski definition) is 2. The molecular formula is C10H14BrN3O. The van der Waals surface area contributed by atoms with Gasteiger partial charge in [0.1, 0.15) is 5.69 Å². The van der Waals surface area contributed by atoms with Gasteiger partial charge in [0.2, 0.25) is 5.95 Å². The minimum atomic E-state index is 0.0296. The Labute approximate surface area is 97.0 Å². The highest BCUT2D eigenvalue weighted by atomic mass is 79.9. The van der Waals surface area contributed by atoms with Crippen molar-refractivity contribution in [3.05, 3.63) is 11.9 Å². The van der Waals surface area contributed by atoms with Crippen LogP contribution in [0, 0.1) is 0 Å². The largest absolute Gasteiger partial charge is 0.353 e. The molecule has 0 bridgehead atoms. The van der Waals surface area contributed by atoms with Crippen molar-refractivity contribution in [1.82, 2.24) is 9.97 Å². The molecule has 0 amide bonds. The molecule has 4 nitrogen and oxygen atoms in total. The molecule has 2 rings (SSSR count). The van der Waals surface area contributed by atoms with Crippen LogP contribution in [-0.2, 0) is 0 Å². The van der Waals surface area contributed by atoms with Crippen LogP contribution in [0.5, 0.6) is 0 Å². The van der Waals surface area contributed by atoms with Crippen molar-refractivity contribution in [2.75, 3.05) is 10.6 Å². The summed E-state index contributed by atoms with van der Waals surface area (Å²) in [6.45, 7) is 0. The second-order valence-corrected chi connectivity index (χ2v) is 4.39. The molecule has 0 aliphatic heterocycles. The average Bonchev–Trinajstić information content (AvgIpc) is 2.88. The molecule has 0 saturated heterocycles. The smallest absolute Gasteiger partial charge is 0.200 e. The first-order chi connectivity index (χ1) is 7.29. The first-order valence-corrected chi connectivity index (χ1v) is 6.32. The lowest BCUT2D eigenvalue weighted by molar-refractivity contribution is 0.101. The van der Waals surface area contributed by atoms with Crippen LogP contribution in [0.3, 0.4) is 0 Å². The van der Waals surface area contributed by atoms with Gasteiger partial charge in [-0.1, -0.05) is 28.8 Å². The normalized spacial score (nSPS) is 16.9. The number of ketones is 1. The predicted octanol–water partition coefficient (Wildman–Crippen LogP) is 2.34. The molecule has 5 heteroatoms. The molecule has 1 aliphatic rings. The highest BCUT2D eigenvalue weighted by molar-refractivity contribution is 9.09. The number of rotatable bonds is 4. The Kier molecular flexibility index (Phi) is 3.41. The summed E-state index contributed by atoms with van der Waals surface area (Å²) in [5.74, 6) is 0.744. The van der Waals surface area contributed by atoms with Crippen LogP contribution in [0.2, 0.25) is 0 Å². The highest BCUT2D eigenvalue weighted by Gasteiger charge is 2.16. The number of imidazole rings is 1. The Hall–Kier alpha value is -0.840. The Bertz CT molecular complexity index is 344. The number of H-pyrrole nitrogens is 1. The van der Waals surface area contributed by atoms with E-state index in [9.17, 15) is 4.79 Å². The van der Waals surface area contributed by atoms with Crippen LogP contribution < -0.4 is 5.32 Å². The Morgan fingerprint density at radius 1 is 1.60 bits per heavy atom. The topological polar surface area (TPSA) is 57.8 Å². The number of hydrogen-bond acceptors (Lipinski definition) is 3. The fourth-order valence-corrected chi connectivity index (χ4v) is 2.17. The van der Waals surface area contributed by atoms with Gasteiger partial charge >= 0.3 is 0 Å². The zero-order valence-electron chi connectivity index (χ0n) is 8.42. The lowest BCUT2D eigenvalue weighted by Gasteiger charge is -2.09. The summed E-state index contributed by atoms with van der Waals surface area (Å²) in [6, 6.07) is 0.517. The first kappa shape index (κ1) is 10.7. The van der Waals surface area contributed by atoms with Gasteiger partial charge in [-0.2, -0.15) is 0 Å². The zero-order chi connectivity index (χ0) is 10.7. The van der Waals surface area contributed by atoms with E-state index in [0.29, 0.717) is 23.0 Å². The van der Waals surface area contributed by atoms with Gasteiger partial charge in [-0.05, 0) is 12.8 Å². The van der Waals surface area contributed by atoms with Crippen molar-refractivity contribution in [3.63, 3.8) is 0 Å². The number of aromatic amines is 1. The number of nitrogens with one attached hydrogen (secondary N) is 2. The summed E-state index contributed by atoms with van der Waals surface area (Å²) < 4.78 is 0. The zero-order valence-corrected chi connectivity index (χ0v) is 10.0. The maximum absolute atomic E-state index is 11.3. The standard InChI is InChI=1S/C10H14BrN3O/c11-5-9(15)8-6-12-10(14-8)13-7-3-1-2-4-7/h6-7H,1-5H2,(H2,12,13,14). The number of Topliss-reactive ketones (excluding diaryl/α,β-unsaturated/α-hetero) is 1. The molecule has 0 aromatic carbocycles. The second-order valence-electron chi connectivity index (χ2n) is 3.83. The molecule has 0 spiro atoms. The maximum atomic E-state index is 11.3. The predicted molar refractivity (Wildman–Crippen MR) is 62.6 cm³/mol. The van der Waals surface area contributed by atoms with E-state index in [2.05, 4.69) is 31.2 Å². The van der Waals surface area contributed by atoms with Crippen molar-refractivity contribution >= 4 is 27.7 Å². The number of alkyl halides is 1. The van der Waals surface area contributed by atoms with Crippen molar-refractivity contribution in [3.8, 4) is 0 Å². The molecule has 1 aromatic heterocycles. The SMILES string of the molecule is O=C(CBr)c1cnc(NC2CCCC2)[nH]1. The molecular weight excluding hydrogens is 258 g/mol. The van der Waals surface area contributed by atoms with Crippen LogP contribution >= 0.6 is 15.9 Å². The van der Waals surface area contributed by atoms with E-state index < -0.39 is 0 Å². The van der Waals surface area contributed by atoms with Crippen molar-refractivity contribution < 1.29 is 4.79 Å². The van der Waals surface area contributed by atoms with Gasteiger partial charge < -0.3 is 10.3 Å². The minimum absolute atomic E-state index is 0.0296. The highest BCUT2D eigenvalue weighted by Crippen LogP contribution is 2.20. The van der Waals surface area contributed by atoms with Gasteiger partial charge in [0.25, 0.3) is 0 Å². The van der Waals surface area contributed by atoms with E-state index in [0.717, 1.165) is 0 Å². The van der Waals surface area contributed by atoms with E-state index >= 15 is 0 Å². The number of carbonyl (C=O) groups is 1. The summed E-state index contributed by atoms with van der Waals surface area (Å²) in [6.07, 6.45) is 6.54. The van der Waals surface area contributed by atoms with Gasteiger partial charge in [0.15, 0.2) is 5.78 Å². The molecule has 0 atom stereocenters. The molecule has 1 aliphatic carbocycles. The monoisotopic (exact) mass is 271 g/mol. The molecule has 0 radical (unpaired) electrons. The van der Waals surface area contributed by atoms with Gasteiger partial charge in [0.05, 0.1) is 11.5 Å². The summed E-state index contributed by atoms with van der Waals surface area (Å²) in [7, 11) is 0. The summed E-state index contributed by atoms with van der Waals surface area (Å²) in [4.78, 5) is 18.4. The summed E-state index contributed by atoms with van der Waals surface area (Å²) in [5.41, 5.74) is 0.562. The van der Waals surface area contributed by atoms with Gasteiger partial charge in [-0.15, -0.1) is 0 Å². The third-order valence-corrected chi connectivity index (χ3v) is 3.20. The Balaban J connectivity index is 1.97. The molecule has 1 saturated carbocycles. The van der Waals surface area contributed by atoms with E-state index in [1.165, 1.54) is 25.7 Å². The fourth-order valence-electron chi connectivity index (χ4n) is 1.87. The fraction of sp³-hybridized carbons (Fsp3) is 0.600. The number of anilines is 1. The van der Waals surface area contributed by atoms with Crippen molar-refractivity contribution in [2.24, 2.45) is 0 Å². The van der Waals surface area contributed by atoms with E-state index in [4.69, 9.17) is 0 Å². The van der Waals surface area contributed by atoms with E-state index in [1.54, 1.807) is 6.20 Å². The molecule has 0 unspecified atom stereocenters. The number of carbonyl (C=O) groups excluding carboxylic acids is 1. The number of nitrogens with zero attached hydrogens (tertiary/aromatic N) is 1. The molecule has 1 heterocycles. The lowest BCUT2D eigenvalue weighted by Crippen LogP contribution is -2.15. The molecule has 1 aromatic rings. The lowest BCUT2D eigenvalue weighted by atomic mass is 10.3. The number of aromatic nitrogens is 2. The quantitative estimate of drug-likeness (QED) is 0.653. The van der Waals surface area contributed by atoms with Crippen LogP contribution in [0.1, 0.15) is 36.2 Å². The van der Waals surface area contributed by atoms with Crippen molar-refractivity contribution in [1.29, 1.82) is 0 Å². The Morgan fingerprint density at radius 2 is 2.33 bits per heavy atom. The third-order valence-electron chi connectivity index (χ3n) is 2.69. The first-order valence-electron chi connectivity index (χ1n) is 5.20. The van der Waals surface area contributed by atoms with Gasteiger partial charge in [-0.3, -0.25) is 4.79 Å². The summed E-state index contributed by atoms with van der Waals surface area (Å²) in [5, 5.41) is 3.64. The Morgan fingerprint density at radius 3 is 3.00 bits per heavy atom. The molecule has 82 valence electrons. The van der Waals surface area contributed by atoms with Crippen LogP contribution in [0.4, 0.5) is 5.95 Å². The van der Waals surface area contributed by atoms with Gasteiger partial charge in [0, 0.05) is 6.04 Å².